The summed E-state index contributed by atoms with van der Waals surface area (Å²) >= 11 is 0. The van der Waals surface area contributed by atoms with Crippen molar-refractivity contribution in [2.45, 2.75) is 37.8 Å². The molecular formula is C27H37N2O6+. The fourth-order valence-electron chi connectivity index (χ4n) is 4.62. The number of aliphatic hydroxyl groups is 1. The molecule has 0 bridgehead atoms. The summed E-state index contributed by atoms with van der Waals surface area (Å²) in [6.07, 6.45) is 2.57. The Balaban J connectivity index is 1.32. The second-order valence-corrected chi connectivity index (χ2v) is 9.17. The summed E-state index contributed by atoms with van der Waals surface area (Å²) in [6.45, 7) is 4.75. The normalized spacial score (nSPS) is 17.1. The predicted molar refractivity (Wildman–Crippen MR) is 131 cm³/mol. The minimum absolute atomic E-state index is 0.137. The lowest BCUT2D eigenvalue weighted by molar-refractivity contribution is -0.889. The molecule has 1 amide bonds. The van der Waals surface area contributed by atoms with E-state index < -0.39 is 12.1 Å². The molecule has 35 heavy (non-hydrogen) atoms. The van der Waals surface area contributed by atoms with Gasteiger partial charge in [0.2, 0.25) is 5.91 Å². The summed E-state index contributed by atoms with van der Waals surface area (Å²) < 4.78 is 22.1. The Morgan fingerprint density at radius 3 is 2.54 bits per heavy atom. The molecule has 8 heteroatoms. The summed E-state index contributed by atoms with van der Waals surface area (Å²) in [5, 5.41) is 14.3. The molecule has 190 valence electrons. The van der Waals surface area contributed by atoms with E-state index >= 15 is 0 Å². The van der Waals surface area contributed by atoms with E-state index in [1.165, 1.54) is 23.3 Å². The number of carbonyl (C=O) groups excluding carboxylic acids is 1. The van der Waals surface area contributed by atoms with Gasteiger partial charge in [-0.25, -0.2) is 0 Å². The van der Waals surface area contributed by atoms with Crippen LogP contribution >= 0.6 is 0 Å². The highest BCUT2D eigenvalue weighted by molar-refractivity contribution is 5.76. The zero-order chi connectivity index (χ0) is 24.5. The van der Waals surface area contributed by atoms with Crippen molar-refractivity contribution in [3.05, 3.63) is 53.6 Å². The van der Waals surface area contributed by atoms with Crippen molar-refractivity contribution in [3.63, 3.8) is 0 Å². The molecular weight excluding hydrogens is 448 g/mol. The first-order valence-electron chi connectivity index (χ1n) is 12.5. The fraction of sp³-hybridized carbons (Fsp3) is 0.519. The Morgan fingerprint density at radius 2 is 1.80 bits per heavy atom. The highest BCUT2D eigenvalue weighted by Crippen LogP contribution is 2.33. The van der Waals surface area contributed by atoms with Crippen molar-refractivity contribution in [2.24, 2.45) is 0 Å². The van der Waals surface area contributed by atoms with Gasteiger partial charge < -0.3 is 34.3 Å². The van der Waals surface area contributed by atoms with Crippen LogP contribution in [-0.2, 0) is 16.0 Å². The van der Waals surface area contributed by atoms with Crippen LogP contribution in [0.3, 0.4) is 0 Å². The number of hydrogen-bond acceptors (Lipinski definition) is 6. The number of quaternary nitrogens is 1. The third-order valence-electron chi connectivity index (χ3n) is 6.57. The number of amides is 1. The molecule has 2 aliphatic heterocycles. The lowest BCUT2D eigenvalue weighted by atomic mass is 10.0. The molecule has 0 aliphatic carbocycles. The number of hydrogen-bond donors (Lipinski definition) is 3. The first-order valence-corrected chi connectivity index (χ1v) is 12.5. The van der Waals surface area contributed by atoms with Crippen molar-refractivity contribution >= 4 is 5.91 Å². The monoisotopic (exact) mass is 485 g/mol. The number of aliphatic hydroxyl groups excluding tert-OH is 1. The van der Waals surface area contributed by atoms with E-state index in [0.29, 0.717) is 43.4 Å². The van der Waals surface area contributed by atoms with Gasteiger partial charge in [-0.15, -0.1) is 0 Å². The van der Waals surface area contributed by atoms with E-state index in [0.717, 1.165) is 25.3 Å². The summed E-state index contributed by atoms with van der Waals surface area (Å²) in [4.78, 5) is 14.2. The van der Waals surface area contributed by atoms with Gasteiger partial charge in [0.1, 0.15) is 37.7 Å². The first kappa shape index (κ1) is 25.3. The van der Waals surface area contributed by atoms with Crippen LogP contribution < -0.4 is 24.4 Å². The zero-order valence-corrected chi connectivity index (χ0v) is 20.5. The van der Waals surface area contributed by atoms with Crippen molar-refractivity contribution in [2.75, 3.05) is 53.2 Å². The van der Waals surface area contributed by atoms with E-state index in [4.69, 9.17) is 18.9 Å². The molecule has 2 aliphatic rings. The highest BCUT2D eigenvalue weighted by atomic mass is 16.6. The molecule has 8 nitrogen and oxygen atoms in total. The second kappa shape index (κ2) is 12.8. The summed E-state index contributed by atoms with van der Waals surface area (Å²) in [6, 6.07) is 12.9. The number of rotatable bonds is 12. The van der Waals surface area contributed by atoms with Crippen molar-refractivity contribution in [1.82, 2.24) is 5.32 Å². The molecule has 2 aromatic rings. The van der Waals surface area contributed by atoms with Crippen LogP contribution in [0.5, 0.6) is 17.2 Å². The zero-order valence-electron chi connectivity index (χ0n) is 20.5. The average Bonchev–Trinajstić information content (AvgIpc) is 3.40. The third kappa shape index (κ3) is 7.34. The number of likely N-dealkylation sites (tertiary alicyclic amines) is 1. The number of benzene rings is 2. The fourth-order valence-corrected chi connectivity index (χ4v) is 4.62. The van der Waals surface area contributed by atoms with Crippen LogP contribution in [0.2, 0.25) is 0 Å². The van der Waals surface area contributed by atoms with Gasteiger partial charge in [0.25, 0.3) is 0 Å². The van der Waals surface area contributed by atoms with Crippen LogP contribution in [0.15, 0.2) is 42.5 Å². The van der Waals surface area contributed by atoms with Gasteiger partial charge >= 0.3 is 0 Å². The predicted octanol–water partition coefficient (Wildman–Crippen LogP) is 1.31. The molecule has 1 fully saturated rings. The van der Waals surface area contributed by atoms with E-state index in [1.807, 2.05) is 42.5 Å². The Labute approximate surface area is 207 Å². The quantitative estimate of drug-likeness (QED) is 0.420. The van der Waals surface area contributed by atoms with Crippen LogP contribution in [0.1, 0.15) is 36.5 Å². The lowest BCUT2D eigenvalue weighted by Gasteiger charge is -2.27. The van der Waals surface area contributed by atoms with Gasteiger partial charge in [0, 0.05) is 20.0 Å². The van der Waals surface area contributed by atoms with Crippen LogP contribution in [-0.4, -0.2) is 70.2 Å². The molecule has 3 N–H and O–H groups in total. The average molecular weight is 486 g/mol. The molecule has 4 rings (SSSR count). The summed E-state index contributed by atoms with van der Waals surface area (Å²) in [5.74, 6) is 1.91. The molecule has 0 radical (unpaired) electrons. The number of fused-ring (bicyclic) bond motifs is 1. The minimum atomic E-state index is -0.844. The van der Waals surface area contributed by atoms with Crippen molar-refractivity contribution < 1.29 is 33.7 Å². The lowest BCUT2D eigenvalue weighted by Crippen LogP contribution is -3.11. The second-order valence-electron chi connectivity index (χ2n) is 9.17. The van der Waals surface area contributed by atoms with E-state index in [2.05, 4.69) is 5.32 Å². The summed E-state index contributed by atoms with van der Waals surface area (Å²) in [7, 11) is 1.69. The van der Waals surface area contributed by atoms with Gasteiger partial charge in [-0.05, 0) is 41.8 Å². The van der Waals surface area contributed by atoms with E-state index in [9.17, 15) is 9.90 Å². The standard InChI is InChI=1S/C27H36N2O6/c1-32-14-10-20-4-7-22(8-5-20)33-15-11-26(30)28-23(19-29-12-2-3-13-29)27(31)21-6-9-24-25(18-21)35-17-16-34-24/h4-9,18,23,27,31H,2-3,10-17,19H2,1H3,(H,28,30)/p+1/t23-,27-/m1/s1. The smallest absolute Gasteiger partial charge is 0.223 e. The number of nitrogens with one attached hydrogen (secondary N) is 2. The maximum Gasteiger partial charge on any atom is 0.223 e. The molecule has 0 saturated carbocycles. The molecule has 2 aromatic carbocycles. The van der Waals surface area contributed by atoms with Gasteiger partial charge in [-0.3, -0.25) is 4.79 Å². The number of ether oxygens (including phenoxy) is 4. The van der Waals surface area contributed by atoms with Crippen molar-refractivity contribution in [1.29, 1.82) is 0 Å². The van der Waals surface area contributed by atoms with Gasteiger partial charge in [-0.1, -0.05) is 18.2 Å². The number of carbonyl (C=O) groups is 1. The van der Waals surface area contributed by atoms with Crippen molar-refractivity contribution in [3.8, 4) is 17.2 Å². The molecule has 0 aromatic heterocycles. The summed E-state index contributed by atoms with van der Waals surface area (Å²) in [5.41, 5.74) is 1.89. The van der Waals surface area contributed by atoms with Crippen LogP contribution in [0.4, 0.5) is 0 Å². The van der Waals surface area contributed by atoms with E-state index in [1.54, 1.807) is 7.11 Å². The SMILES string of the molecule is COCCc1ccc(OCCC(=O)N[C@H](C[NH+]2CCCC2)[C@H](O)c2ccc3c(c2)OCCO3)cc1. The Bertz CT molecular complexity index is 945. The third-order valence-corrected chi connectivity index (χ3v) is 6.57. The largest absolute Gasteiger partial charge is 0.493 e. The minimum Gasteiger partial charge on any atom is -0.493 e. The first-order chi connectivity index (χ1) is 17.1. The van der Waals surface area contributed by atoms with Crippen LogP contribution in [0, 0.1) is 0 Å². The maximum absolute atomic E-state index is 12.8. The highest BCUT2D eigenvalue weighted by Gasteiger charge is 2.30. The Kier molecular flexibility index (Phi) is 9.22. The topological polar surface area (TPSA) is 90.7 Å². The molecule has 0 unspecified atom stereocenters. The number of methoxy groups -OCH3 is 1. The molecule has 2 atom stereocenters. The molecule has 2 heterocycles. The molecule has 0 spiro atoms. The Morgan fingerprint density at radius 1 is 1.06 bits per heavy atom. The van der Waals surface area contributed by atoms with Gasteiger partial charge in [-0.2, -0.15) is 0 Å². The van der Waals surface area contributed by atoms with Crippen LogP contribution in [0.25, 0.3) is 0 Å². The van der Waals surface area contributed by atoms with Gasteiger partial charge in [0.15, 0.2) is 11.5 Å². The van der Waals surface area contributed by atoms with E-state index in [-0.39, 0.29) is 18.9 Å². The Hall–Kier alpha value is -2.81. The van der Waals surface area contributed by atoms with Gasteiger partial charge in [0.05, 0.1) is 32.7 Å². The maximum atomic E-state index is 12.8. The molecule has 1 saturated heterocycles.